The van der Waals surface area contributed by atoms with Gasteiger partial charge in [0.1, 0.15) is 0 Å². The van der Waals surface area contributed by atoms with E-state index in [4.69, 9.17) is 9.97 Å². The third-order valence-corrected chi connectivity index (χ3v) is 13.4. The van der Waals surface area contributed by atoms with Gasteiger partial charge in [-0.2, -0.15) is 0 Å². The first-order valence-electron chi connectivity index (χ1n) is 21.7. The molecule has 0 amide bonds. The van der Waals surface area contributed by atoms with Crippen molar-refractivity contribution in [3.05, 3.63) is 206 Å². The van der Waals surface area contributed by atoms with Crippen LogP contribution < -0.4 is 0 Å². The predicted octanol–water partition coefficient (Wildman–Crippen LogP) is 13.4. The summed E-state index contributed by atoms with van der Waals surface area (Å²) in [6, 6.07) is 73.9. The molecule has 9 aromatic carbocycles. The zero-order valence-electron chi connectivity index (χ0n) is 34.2. The van der Waals surface area contributed by atoms with Crippen LogP contribution in [0.15, 0.2) is 206 Å². The van der Waals surface area contributed by atoms with Gasteiger partial charge in [-0.15, -0.1) is 0 Å². The highest BCUT2D eigenvalue weighted by atomic mass is 15.2. The fourth-order valence-corrected chi connectivity index (χ4v) is 10.7. The fraction of sp³-hybridized carbons (Fsp3) is 0. The Balaban J connectivity index is 0.953. The molecule has 8 nitrogen and oxygen atoms in total. The molecular weight excluding hydrogens is 785 g/mol. The molecule has 0 aliphatic rings. The van der Waals surface area contributed by atoms with Gasteiger partial charge in [-0.25, -0.2) is 9.97 Å². The normalized spacial score (nSPS) is 12.4. The number of para-hydroxylation sites is 8. The van der Waals surface area contributed by atoms with E-state index in [1.54, 1.807) is 0 Å². The predicted molar refractivity (Wildman–Crippen MR) is 261 cm³/mol. The molecule has 15 aromatic rings. The molecule has 0 spiro atoms. The monoisotopic (exact) mass is 818 g/mol. The Labute approximate surface area is 363 Å². The molecule has 0 bridgehead atoms. The lowest BCUT2D eigenvalue weighted by Gasteiger charge is -2.09. The van der Waals surface area contributed by atoms with E-state index in [0.717, 1.165) is 78.4 Å². The maximum absolute atomic E-state index is 5.47. The molecule has 0 unspecified atom stereocenters. The SMILES string of the molecule is c1ccc(-n2c3ccccc3c3cc(-n4c5ccccc5n5c6cc7nc8n(-c9ccc%10c(c9)c9ccccc9n%10-c9ccccc9)c9ccccc9n8c7cc6nc45)ccc32)cc1. The van der Waals surface area contributed by atoms with Crippen molar-refractivity contribution in [3.63, 3.8) is 0 Å². The standard InChI is InChI=1S/C56H34N8/c1-3-15-35(16-4-1)59-45-21-9-7-19-39(45)41-31-37(27-29-47(41)59)61-49-23-11-13-25-51(49)63-53-34-44-54(33-43(53)57-55(61)63)64-52-26-14-12-24-50(52)62(56(64)58-44)38-28-30-48-42(32-38)40-20-8-10-22-46(40)60(48)36-17-5-2-6-18-36/h1-34H. The van der Waals surface area contributed by atoms with Gasteiger partial charge in [0.15, 0.2) is 0 Å². The van der Waals surface area contributed by atoms with E-state index in [-0.39, 0.29) is 0 Å². The average molecular weight is 819 g/mol. The Bertz CT molecular complexity index is 4130. The second-order valence-electron chi connectivity index (χ2n) is 16.8. The van der Waals surface area contributed by atoms with Crippen molar-refractivity contribution in [1.82, 2.24) is 37.0 Å². The number of imidazole rings is 4. The van der Waals surface area contributed by atoms with E-state index in [9.17, 15) is 0 Å². The van der Waals surface area contributed by atoms with E-state index in [2.05, 4.69) is 233 Å². The van der Waals surface area contributed by atoms with Crippen molar-refractivity contribution >= 4 is 99.3 Å². The third-order valence-electron chi connectivity index (χ3n) is 13.4. The van der Waals surface area contributed by atoms with Gasteiger partial charge in [0.25, 0.3) is 0 Å². The van der Waals surface area contributed by atoms with Crippen LogP contribution in [0.5, 0.6) is 0 Å². The molecule has 6 aromatic heterocycles. The summed E-state index contributed by atoms with van der Waals surface area (Å²) in [4.78, 5) is 10.9. The van der Waals surface area contributed by atoms with Crippen molar-refractivity contribution in [2.24, 2.45) is 0 Å². The lowest BCUT2D eigenvalue weighted by molar-refractivity contribution is 1.11. The van der Waals surface area contributed by atoms with Crippen LogP contribution >= 0.6 is 0 Å². The first-order valence-corrected chi connectivity index (χ1v) is 21.7. The van der Waals surface area contributed by atoms with Crippen LogP contribution in [-0.2, 0) is 0 Å². The summed E-state index contributed by atoms with van der Waals surface area (Å²) in [6.45, 7) is 0. The Hall–Kier alpha value is -8.88. The second kappa shape index (κ2) is 12.4. The van der Waals surface area contributed by atoms with Crippen LogP contribution in [0, 0.1) is 0 Å². The summed E-state index contributed by atoms with van der Waals surface area (Å²) in [7, 11) is 0. The van der Waals surface area contributed by atoms with E-state index >= 15 is 0 Å². The Morgan fingerprint density at radius 3 is 1.03 bits per heavy atom. The minimum atomic E-state index is 0.863. The number of benzene rings is 9. The largest absolute Gasteiger partial charge is 0.309 e. The number of aromatic nitrogens is 8. The molecule has 298 valence electrons. The minimum Gasteiger partial charge on any atom is -0.309 e. The van der Waals surface area contributed by atoms with E-state index in [1.807, 2.05) is 0 Å². The van der Waals surface area contributed by atoms with Crippen LogP contribution in [0.4, 0.5) is 0 Å². The zero-order chi connectivity index (χ0) is 41.6. The van der Waals surface area contributed by atoms with E-state index in [1.165, 1.54) is 43.6 Å². The quantitative estimate of drug-likeness (QED) is 0.178. The van der Waals surface area contributed by atoms with Crippen molar-refractivity contribution in [2.45, 2.75) is 0 Å². The maximum atomic E-state index is 5.47. The molecule has 0 N–H and O–H groups in total. The topological polar surface area (TPSA) is 54.3 Å². The van der Waals surface area contributed by atoms with Crippen LogP contribution in [0.1, 0.15) is 0 Å². The highest BCUT2D eigenvalue weighted by molar-refractivity contribution is 6.11. The molecule has 0 saturated carbocycles. The molecule has 0 atom stereocenters. The van der Waals surface area contributed by atoms with E-state index < -0.39 is 0 Å². The summed E-state index contributed by atoms with van der Waals surface area (Å²) in [5.74, 6) is 1.73. The lowest BCUT2D eigenvalue weighted by atomic mass is 10.1. The highest BCUT2D eigenvalue weighted by Crippen LogP contribution is 2.39. The third kappa shape index (κ3) is 4.40. The summed E-state index contributed by atoms with van der Waals surface area (Å²) in [5, 5.41) is 4.83. The number of nitrogens with zero attached hydrogens (tertiary/aromatic N) is 8. The first kappa shape index (κ1) is 33.8. The summed E-state index contributed by atoms with van der Waals surface area (Å²) in [5.41, 5.74) is 17.3. The van der Waals surface area contributed by atoms with Crippen molar-refractivity contribution < 1.29 is 0 Å². The van der Waals surface area contributed by atoms with Crippen LogP contribution in [0.2, 0.25) is 0 Å². The number of fused-ring (bicyclic) bond motifs is 16. The van der Waals surface area contributed by atoms with Gasteiger partial charge >= 0.3 is 0 Å². The molecule has 8 heteroatoms. The summed E-state index contributed by atoms with van der Waals surface area (Å²) >= 11 is 0. The molecule has 0 radical (unpaired) electrons. The Kier molecular flexibility index (Phi) is 6.53. The first-order chi connectivity index (χ1) is 31.8. The van der Waals surface area contributed by atoms with Crippen molar-refractivity contribution in [1.29, 1.82) is 0 Å². The number of hydrogen-bond acceptors (Lipinski definition) is 2. The molecule has 15 rings (SSSR count). The number of rotatable bonds is 4. The minimum absolute atomic E-state index is 0.863. The van der Waals surface area contributed by atoms with Gasteiger partial charge in [-0.3, -0.25) is 17.9 Å². The molecule has 0 saturated heterocycles. The van der Waals surface area contributed by atoms with Gasteiger partial charge in [0.05, 0.1) is 66.2 Å². The Morgan fingerprint density at radius 2 is 0.594 bits per heavy atom. The number of hydrogen-bond donors (Lipinski definition) is 0. The molecule has 0 aliphatic carbocycles. The smallest absolute Gasteiger partial charge is 0.220 e. The van der Waals surface area contributed by atoms with Gasteiger partial charge < -0.3 is 9.13 Å². The van der Waals surface area contributed by atoms with Crippen LogP contribution in [-0.4, -0.2) is 37.0 Å². The molecular formula is C56H34N8. The van der Waals surface area contributed by atoms with Gasteiger partial charge in [0.2, 0.25) is 11.6 Å². The van der Waals surface area contributed by atoms with Gasteiger partial charge in [-0.1, -0.05) is 97.1 Å². The second-order valence-corrected chi connectivity index (χ2v) is 16.8. The molecule has 64 heavy (non-hydrogen) atoms. The summed E-state index contributed by atoms with van der Waals surface area (Å²) in [6.07, 6.45) is 0. The maximum Gasteiger partial charge on any atom is 0.220 e. The summed E-state index contributed by atoms with van der Waals surface area (Å²) < 4.78 is 13.9. The molecule has 0 aliphatic heterocycles. The molecule has 0 fully saturated rings. The molecule has 6 heterocycles. The van der Waals surface area contributed by atoms with E-state index in [0.29, 0.717) is 0 Å². The van der Waals surface area contributed by atoms with Gasteiger partial charge in [0, 0.05) is 44.3 Å². The highest BCUT2D eigenvalue weighted by Gasteiger charge is 2.23. The van der Waals surface area contributed by atoms with Crippen molar-refractivity contribution in [3.8, 4) is 22.7 Å². The van der Waals surface area contributed by atoms with Crippen LogP contribution in [0.25, 0.3) is 122 Å². The van der Waals surface area contributed by atoms with Crippen molar-refractivity contribution in [2.75, 3.05) is 0 Å². The van der Waals surface area contributed by atoms with Crippen LogP contribution in [0.3, 0.4) is 0 Å². The van der Waals surface area contributed by atoms with Gasteiger partial charge in [-0.05, 0) is 109 Å². The Morgan fingerprint density at radius 1 is 0.234 bits per heavy atom. The fourth-order valence-electron chi connectivity index (χ4n) is 10.7. The zero-order valence-corrected chi connectivity index (χ0v) is 34.2. The average Bonchev–Trinajstić information content (AvgIpc) is 4.18. The lowest BCUT2D eigenvalue weighted by Crippen LogP contribution is -1.96.